The van der Waals surface area contributed by atoms with Crippen LogP contribution < -0.4 is 5.32 Å². The molecule has 0 spiro atoms. The van der Waals surface area contributed by atoms with Crippen molar-refractivity contribution >= 4 is 21.6 Å². The third kappa shape index (κ3) is 4.54. The van der Waals surface area contributed by atoms with Crippen LogP contribution in [0.15, 0.2) is 47.4 Å². The van der Waals surface area contributed by atoms with Crippen molar-refractivity contribution in [2.75, 3.05) is 18.4 Å². The van der Waals surface area contributed by atoms with E-state index >= 15 is 0 Å². The Morgan fingerprint density at radius 3 is 2.37 bits per heavy atom. The minimum absolute atomic E-state index is 0.0410. The zero-order valence-electron chi connectivity index (χ0n) is 15.4. The monoisotopic (exact) mass is 390 g/mol. The molecule has 1 saturated heterocycles. The molecule has 2 aromatic rings. The summed E-state index contributed by atoms with van der Waals surface area (Å²) in [7, 11) is -3.74. The van der Waals surface area contributed by atoms with E-state index in [2.05, 4.69) is 5.32 Å². The minimum atomic E-state index is -3.74. The summed E-state index contributed by atoms with van der Waals surface area (Å²) in [4.78, 5) is 12.7. The molecule has 144 valence electrons. The second-order valence-electron chi connectivity index (χ2n) is 7.02. The quantitative estimate of drug-likeness (QED) is 0.869. The maximum Gasteiger partial charge on any atom is 0.243 e. The third-order valence-electron chi connectivity index (χ3n) is 4.70. The highest BCUT2D eigenvalue weighted by molar-refractivity contribution is 7.89. The molecule has 0 radical (unpaired) electrons. The fourth-order valence-corrected chi connectivity index (χ4v) is 4.95. The van der Waals surface area contributed by atoms with Gasteiger partial charge in [0.15, 0.2) is 0 Å². The van der Waals surface area contributed by atoms with E-state index in [1.165, 1.54) is 16.4 Å². The Morgan fingerprint density at radius 2 is 1.74 bits per heavy atom. The molecule has 7 heteroatoms. The van der Waals surface area contributed by atoms with Gasteiger partial charge in [0.2, 0.25) is 15.9 Å². The predicted octanol–water partition coefficient (Wildman–Crippen LogP) is 3.48. The number of amides is 1. The fourth-order valence-electron chi connectivity index (χ4n) is 3.42. The number of halogens is 1. The first-order chi connectivity index (χ1) is 12.8. The molecule has 1 amide bonds. The lowest BCUT2D eigenvalue weighted by Gasteiger charge is -2.31. The number of carbonyl (C=O) groups is 1. The van der Waals surface area contributed by atoms with Crippen molar-refractivity contribution in [1.82, 2.24) is 4.31 Å². The van der Waals surface area contributed by atoms with E-state index in [1.807, 2.05) is 32.0 Å². The molecule has 0 saturated carbocycles. The largest absolute Gasteiger partial charge is 0.326 e. The zero-order chi connectivity index (χ0) is 19.6. The van der Waals surface area contributed by atoms with E-state index in [-0.39, 0.29) is 17.3 Å². The summed E-state index contributed by atoms with van der Waals surface area (Å²) >= 11 is 0. The van der Waals surface area contributed by atoms with Gasteiger partial charge >= 0.3 is 0 Å². The summed E-state index contributed by atoms with van der Waals surface area (Å²) < 4.78 is 40.0. The van der Waals surface area contributed by atoms with Crippen molar-refractivity contribution in [3.8, 4) is 0 Å². The first-order valence-electron chi connectivity index (χ1n) is 8.90. The molecular weight excluding hydrogens is 367 g/mol. The van der Waals surface area contributed by atoms with Crippen molar-refractivity contribution in [1.29, 1.82) is 0 Å². The van der Waals surface area contributed by atoms with Gasteiger partial charge < -0.3 is 5.32 Å². The normalized spacial score (nSPS) is 18.3. The number of nitrogens with one attached hydrogen (secondary N) is 1. The van der Waals surface area contributed by atoms with Crippen LogP contribution in [-0.4, -0.2) is 31.7 Å². The van der Waals surface area contributed by atoms with Crippen molar-refractivity contribution < 1.29 is 17.6 Å². The van der Waals surface area contributed by atoms with Gasteiger partial charge in [-0.05, 0) is 74.2 Å². The van der Waals surface area contributed by atoms with E-state index < -0.39 is 21.8 Å². The number of rotatable bonds is 4. The van der Waals surface area contributed by atoms with E-state index in [1.54, 1.807) is 0 Å². The lowest BCUT2D eigenvalue weighted by atomic mass is 9.98. The highest BCUT2D eigenvalue weighted by Gasteiger charge is 2.33. The van der Waals surface area contributed by atoms with Crippen LogP contribution in [0.2, 0.25) is 0 Å². The Morgan fingerprint density at radius 1 is 1.11 bits per heavy atom. The average molecular weight is 390 g/mol. The zero-order valence-corrected chi connectivity index (χ0v) is 16.2. The van der Waals surface area contributed by atoms with E-state index in [0.717, 1.165) is 28.9 Å². The van der Waals surface area contributed by atoms with Crippen LogP contribution in [0.4, 0.5) is 10.1 Å². The van der Waals surface area contributed by atoms with Gasteiger partial charge in [0.05, 0.1) is 10.8 Å². The van der Waals surface area contributed by atoms with Crippen LogP contribution in [-0.2, 0) is 14.8 Å². The van der Waals surface area contributed by atoms with Crippen molar-refractivity contribution in [3.63, 3.8) is 0 Å². The molecule has 27 heavy (non-hydrogen) atoms. The summed E-state index contributed by atoms with van der Waals surface area (Å²) in [5.41, 5.74) is 2.82. The number of carbonyl (C=O) groups excluding carboxylic acids is 1. The first kappa shape index (κ1) is 19.5. The van der Waals surface area contributed by atoms with E-state index in [9.17, 15) is 17.6 Å². The molecule has 1 heterocycles. The van der Waals surface area contributed by atoms with Gasteiger partial charge in [-0.3, -0.25) is 4.79 Å². The lowest BCUT2D eigenvalue weighted by molar-refractivity contribution is -0.120. The number of hydrogen-bond donors (Lipinski definition) is 1. The Labute approximate surface area is 159 Å². The van der Waals surface area contributed by atoms with Crippen LogP contribution in [0.1, 0.15) is 24.0 Å². The molecule has 1 fully saturated rings. The number of anilines is 1. The molecule has 0 aromatic heterocycles. The topological polar surface area (TPSA) is 66.5 Å². The van der Waals surface area contributed by atoms with Crippen LogP contribution in [0.3, 0.4) is 0 Å². The maximum absolute atomic E-state index is 13.1. The van der Waals surface area contributed by atoms with Gasteiger partial charge in [-0.2, -0.15) is 4.31 Å². The molecule has 0 aliphatic carbocycles. The Bertz CT molecular complexity index is 922. The van der Waals surface area contributed by atoms with E-state index in [4.69, 9.17) is 0 Å². The SMILES string of the molecule is Cc1cc(C)cc(NC(=O)[C@@H]2CCCN(S(=O)(=O)c3ccc(F)cc3)C2)c1. The number of piperidine rings is 1. The smallest absolute Gasteiger partial charge is 0.243 e. The summed E-state index contributed by atoms with van der Waals surface area (Å²) in [6.07, 6.45) is 1.23. The second-order valence-corrected chi connectivity index (χ2v) is 8.96. The average Bonchev–Trinajstić information content (AvgIpc) is 2.61. The molecular formula is C20H23FN2O3S. The van der Waals surface area contributed by atoms with Gasteiger partial charge in [-0.1, -0.05) is 6.07 Å². The lowest BCUT2D eigenvalue weighted by Crippen LogP contribution is -2.43. The number of aryl methyl sites for hydroxylation is 2. The molecule has 0 bridgehead atoms. The predicted molar refractivity (Wildman–Crippen MR) is 102 cm³/mol. The molecule has 5 nitrogen and oxygen atoms in total. The second kappa shape index (κ2) is 7.78. The maximum atomic E-state index is 13.1. The van der Waals surface area contributed by atoms with Crippen LogP contribution in [0, 0.1) is 25.6 Å². The van der Waals surface area contributed by atoms with Crippen LogP contribution in [0.5, 0.6) is 0 Å². The summed E-state index contributed by atoms with van der Waals surface area (Å²) in [6, 6.07) is 10.6. The van der Waals surface area contributed by atoms with Gasteiger partial charge in [0.1, 0.15) is 5.82 Å². The minimum Gasteiger partial charge on any atom is -0.326 e. The van der Waals surface area contributed by atoms with Crippen LogP contribution >= 0.6 is 0 Å². The third-order valence-corrected chi connectivity index (χ3v) is 6.57. The highest BCUT2D eigenvalue weighted by atomic mass is 32.2. The molecule has 0 unspecified atom stereocenters. The molecule has 1 atom stereocenters. The standard InChI is InChI=1S/C20H23FN2O3S/c1-14-10-15(2)12-18(11-14)22-20(24)16-4-3-9-23(13-16)27(25,26)19-7-5-17(21)6-8-19/h5-8,10-12,16H,3-4,9,13H2,1-2H3,(H,22,24)/t16-/m1/s1. The molecule has 1 aliphatic rings. The van der Waals surface area contributed by atoms with Gasteiger partial charge in [-0.15, -0.1) is 0 Å². The Kier molecular flexibility index (Phi) is 5.62. The van der Waals surface area contributed by atoms with Gasteiger partial charge in [-0.25, -0.2) is 12.8 Å². The summed E-state index contributed by atoms with van der Waals surface area (Å²) in [5.74, 6) is -1.09. The first-order valence-corrected chi connectivity index (χ1v) is 10.3. The fraction of sp³-hybridized carbons (Fsp3) is 0.350. The molecule has 1 N–H and O–H groups in total. The van der Waals surface area contributed by atoms with Crippen molar-refractivity contribution in [2.24, 2.45) is 5.92 Å². The molecule has 2 aromatic carbocycles. The number of benzene rings is 2. The number of hydrogen-bond acceptors (Lipinski definition) is 3. The summed E-state index contributed by atoms with van der Waals surface area (Å²) in [6.45, 7) is 4.39. The Hall–Kier alpha value is -2.25. The van der Waals surface area contributed by atoms with Gasteiger partial charge in [0.25, 0.3) is 0 Å². The molecule has 1 aliphatic heterocycles. The molecule has 3 rings (SSSR count). The number of nitrogens with zero attached hydrogens (tertiary/aromatic N) is 1. The van der Waals surface area contributed by atoms with Gasteiger partial charge in [0, 0.05) is 18.8 Å². The highest BCUT2D eigenvalue weighted by Crippen LogP contribution is 2.25. The van der Waals surface area contributed by atoms with E-state index in [0.29, 0.717) is 19.4 Å². The van der Waals surface area contributed by atoms with Crippen molar-refractivity contribution in [3.05, 3.63) is 59.4 Å². The Balaban J connectivity index is 1.73. The van der Waals surface area contributed by atoms with Crippen LogP contribution in [0.25, 0.3) is 0 Å². The summed E-state index contributed by atoms with van der Waals surface area (Å²) in [5, 5.41) is 2.90. The van der Waals surface area contributed by atoms with Crippen molar-refractivity contribution in [2.45, 2.75) is 31.6 Å². The number of sulfonamides is 1.